The van der Waals surface area contributed by atoms with Gasteiger partial charge in [-0.05, 0) is 24.6 Å². The van der Waals surface area contributed by atoms with Crippen LogP contribution in [0.3, 0.4) is 0 Å². The van der Waals surface area contributed by atoms with Crippen LogP contribution in [0.1, 0.15) is 18.4 Å². The Labute approximate surface area is 122 Å². The van der Waals surface area contributed by atoms with Gasteiger partial charge in [-0.2, -0.15) is 5.26 Å². The van der Waals surface area contributed by atoms with Crippen LogP contribution in [0.4, 0.5) is 4.39 Å². The van der Waals surface area contributed by atoms with Gasteiger partial charge in [0.05, 0.1) is 12.7 Å². The van der Waals surface area contributed by atoms with Gasteiger partial charge in [0.15, 0.2) is 15.3 Å². The smallest absolute Gasteiger partial charge is 0.328 e. The van der Waals surface area contributed by atoms with Crippen LogP contribution in [0.2, 0.25) is 0 Å². The second kappa shape index (κ2) is 5.11. The first-order valence-corrected chi connectivity index (χ1v) is 8.27. The summed E-state index contributed by atoms with van der Waals surface area (Å²) in [4.78, 5) is 12.1. The molecule has 7 heteroatoms. The van der Waals surface area contributed by atoms with E-state index in [2.05, 4.69) is 0 Å². The number of ether oxygens (including phenoxy) is 1. The van der Waals surface area contributed by atoms with Crippen molar-refractivity contribution >= 4 is 15.8 Å². The summed E-state index contributed by atoms with van der Waals surface area (Å²) < 4.78 is 42.0. The molecule has 0 N–H and O–H groups in total. The Morgan fingerprint density at radius 2 is 2.19 bits per heavy atom. The number of rotatable bonds is 4. The Balaban J connectivity index is 2.53. The van der Waals surface area contributed by atoms with Crippen molar-refractivity contribution in [2.24, 2.45) is 5.41 Å². The summed E-state index contributed by atoms with van der Waals surface area (Å²) in [7, 11) is -3.67. The summed E-state index contributed by atoms with van der Waals surface area (Å²) >= 11 is 0. The quantitative estimate of drug-likeness (QED) is 0.785. The fourth-order valence-electron chi connectivity index (χ4n) is 2.75. The minimum atomic E-state index is -3.67. The predicted octanol–water partition coefficient (Wildman–Crippen LogP) is 1.41. The third-order valence-corrected chi connectivity index (χ3v) is 5.17. The van der Waals surface area contributed by atoms with Crippen molar-refractivity contribution in [3.05, 3.63) is 35.6 Å². The summed E-state index contributed by atoms with van der Waals surface area (Å²) in [5.74, 6) is -2.34. The molecule has 0 amide bonds. The monoisotopic (exact) mass is 311 g/mol. The molecule has 3 atom stereocenters. The topological polar surface area (TPSA) is 84.2 Å². The molecule has 1 saturated carbocycles. The van der Waals surface area contributed by atoms with E-state index in [0.29, 0.717) is 5.56 Å². The molecule has 0 radical (unpaired) electrons. The van der Waals surface area contributed by atoms with Crippen LogP contribution in [0.15, 0.2) is 24.3 Å². The molecular weight excluding hydrogens is 297 g/mol. The van der Waals surface area contributed by atoms with Crippen molar-refractivity contribution in [3.63, 3.8) is 0 Å². The number of benzene rings is 1. The number of nitrogens with zero attached hydrogens (tertiary/aromatic N) is 1. The Hall–Kier alpha value is -1.94. The molecule has 0 aliphatic heterocycles. The molecule has 0 unspecified atom stereocenters. The lowest BCUT2D eigenvalue weighted by Gasteiger charge is -2.08. The van der Waals surface area contributed by atoms with E-state index in [1.807, 2.05) is 0 Å². The van der Waals surface area contributed by atoms with Crippen LogP contribution < -0.4 is 0 Å². The first kappa shape index (κ1) is 15.4. The molecule has 2 rings (SSSR count). The number of carbonyl (C=O) groups excluding carboxylic acids is 1. The van der Waals surface area contributed by atoms with Gasteiger partial charge in [0.2, 0.25) is 0 Å². The molecule has 1 aromatic carbocycles. The molecule has 0 aromatic heterocycles. The third kappa shape index (κ3) is 2.40. The Morgan fingerprint density at radius 3 is 2.67 bits per heavy atom. The highest BCUT2D eigenvalue weighted by Gasteiger charge is 2.76. The SMILES string of the molecule is CCOC(=O)[C@@]1(C#N)[C@@H](c2cccc(F)c2)[C@@H]1S(C)(=O)=O. The van der Waals surface area contributed by atoms with Gasteiger partial charge in [-0.3, -0.25) is 4.79 Å². The lowest BCUT2D eigenvalue weighted by Crippen LogP contribution is -2.24. The number of sulfone groups is 1. The number of carbonyl (C=O) groups is 1. The standard InChI is InChI=1S/C14H14FNO4S/c1-3-20-13(17)14(8-16)11(12(14)21(2,18)19)9-5-4-6-10(15)7-9/h4-7,11-12H,3H2,1-2H3/t11-,12-,14-/m0/s1. The van der Waals surface area contributed by atoms with E-state index in [1.54, 1.807) is 13.0 Å². The van der Waals surface area contributed by atoms with E-state index < -0.39 is 38.2 Å². The molecular formula is C14H14FNO4S. The molecule has 0 saturated heterocycles. The maximum atomic E-state index is 13.3. The first-order valence-electron chi connectivity index (χ1n) is 6.31. The Bertz CT molecular complexity index is 725. The number of nitriles is 1. The van der Waals surface area contributed by atoms with Crippen LogP contribution in [-0.2, 0) is 19.4 Å². The summed E-state index contributed by atoms with van der Waals surface area (Å²) in [6.07, 6.45) is 0.961. The van der Waals surface area contributed by atoms with Crippen molar-refractivity contribution in [1.82, 2.24) is 0 Å². The fourth-order valence-corrected chi connectivity index (χ4v) is 4.51. The van der Waals surface area contributed by atoms with E-state index in [1.165, 1.54) is 18.2 Å². The normalized spacial score (nSPS) is 27.7. The maximum Gasteiger partial charge on any atom is 0.328 e. The number of halogens is 1. The van der Waals surface area contributed by atoms with Crippen LogP contribution in [-0.4, -0.2) is 32.5 Å². The van der Waals surface area contributed by atoms with Crippen molar-refractivity contribution in [1.29, 1.82) is 5.26 Å². The lowest BCUT2D eigenvalue weighted by molar-refractivity contribution is -0.147. The fraction of sp³-hybridized carbons (Fsp3) is 0.429. The van der Waals surface area contributed by atoms with Gasteiger partial charge in [0, 0.05) is 12.2 Å². The molecule has 0 bridgehead atoms. The van der Waals surface area contributed by atoms with Crippen molar-refractivity contribution < 1.29 is 22.3 Å². The summed E-state index contributed by atoms with van der Waals surface area (Å²) in [5.41, 5.74) is -1.49. The summed E-state index contributed by atoms with van der Waals surface area (Å²) in [6.45, 7) is 1.60. The van der Waals surface area contributed by atoms with Crippen molar-refractivity contribution in [2.45, 2.75) is 18.1 Å². The summed E-state index contributed by atoms with van der Waals surface area (Å²) in [6, 6.07) is 7.05. The van der Waals surface area contributed by atoms with Gasteiger partial charge in [-0.1, -0.05) is 12.1 Å². The minimum Gasteiger partial charge on any atom is -0.465 e. The molecule has 112 valence electrons. The largest absolute Gasteiger partial charge is 0.465 e. The van der Waals surface area contributed by atoms with Crippen molar-refractivity contribution in [2.75, 3.05) is 12.9 Å². The zero-order valence-electron chi connectivity index (χ0n) is 11.5. The maximum absolute atomic E-state index is 13.3. The van der Waals surface area contributed by atoms with Crippen LogP contribution in [0.5, 0.6) is 0 Å². The molecule has 5 nitrogen and oxygen atoms in total. The second-order valence-electron chi connectivity index (χ2n) is 4.98. The van der Waals surface area contributed by atoms with Gasteiger partial charge in [-0.15, -0.1) is 0 Å². The van der Waals surface area contributed by atoms with Crippen LogP contribution >= 0.6 is 0 Å². The van der Waals surface area contributed by atoms with Gasteiger partial charge < -0.3 is 4.74 Å². The summed E-state index contributed by atoms with van der Waals surface area (Å²) in [5, 5.41) is 8.17. The Morgan fingerprint density at radius 1 is 1.52 bits per heavy atom. The highest BCUT2D eigenvalue weighted by molar-refractivity contribution is 7.91. The lowest BCUT2D eigenvalue weighted by atomic mass is 10.0. The van der Waals surface area contributed by atoms with E-state index >= 15 is 0 Å². The zero-order valence-corrected chi connectivity index (χ0v) is 12.4. The molecule has 0 spiro atoms. The predicted molar refractivity (Wildman–Crippen MR) is 72.5 cm³/mol. The Kier molecular flexibility index (Phi) is 3.76. The molecule has 1 fully saturated rings. The molecule has 1 aliphatic rings. The van der Waals surface area contributed by atoms with E-state index in [0.717, 1.165) is 12.3 Å². The van der Waals surface area contributed by atoms with Gasteiger partial charge in [-0.25, -0.2) is 12.8 Å². The molecule has 0 heterocycles. The number of hydrogen-bond acceptors (Lipinski definition) is 5. The van der Waals surface area contributed by atoms with Crippen molar-refractivity contribution in [3.8, 4) is 6.07 Å². The van der Waals surface area contributed by atoms with Crippen LogP contribution in [0.25, 0.3) is 0 Å². The first-order chi connectivity index (χ1) is 9.79. The highest BCUT2D eigenvalue weighted by Crippen LogP contribution is 2.63. The average Bonchev–Trinajstić information content (AvgIpc) is 3.09. The van der Waals surface area contributed by atoms with Crippen LogP contribution in [0, 0.1) is 22.6 Å². The number of hydrogen-bond donors (Lipinski definition) is 0. The van der Waals surface area contributed by atoms with E-state index in [-0.39, 0.29) is 6.61 Å². The van der Waals surface area contributed by atoms with Gasteiger partial charge in [0.1, 0.15) is 11.1 Å². The molecule has 1 aromatic rings. The average molecular weight is 311 g/mol. The molecule has 21 heavy (non-hydrogen) atoms. The minimum absolute atomic E-state index is 0.0363. The van der Waals surface area contributed by atoms with Gasteiger partial charge in [0.25, 0.3) is 0 Å². The molecule has 1 aliphatic carbocycles. The zero-order chi connectivity index (χ0) is 15.8. The van der Waals surface area contributed by atoms with E-state index in [4.69, 9.17) is 4.74 Å². The number of esters is 1. The highest BCUT2D eigenvalue weighted by atomic mass is 32.2. The second-order valence-corrected chi connectivity index (χ2v) is 7.15. The van der Waals surface area contributed by atoms with Gasteiger partial charge >= 0.3 is 5.97 Å². The third-order valence-electron chi connectivity index (χ3n) is 3.60. The van der Waals surface area contributed by atoms with E-state index in [9.17, 15) is 22.9 Å².